The number of carbonyl (C=O) groups is 1. The molecule has 1 aromatic carbocycles. The van der Waals surface area contributed by atoms with Crippen LogP contribution in [0.15, 0.2) is 18.2 Å². The van der Waals surface area contributed by atoms with Gasteiger partial charge >= 0.3 is 0 Å². The Morgan fingerprint density at radius 1 is 1.50 bits per heavy atom. The Labute approximate surface area is 108 Å². The highest BCUT2D eigenvalue weighted by molar-refractivity contribution is 7.71. The maximum atomic E-state index is 13.7. The van der Waals surface area contributed by atoms with E-state index in [9.17, 15) is 9.18 Å². The van der Waals surface area contributed by atoms with Crippen LogP contribution in [0.2, 0.25) is 0 Å². The maximum absolute atomic E-state index is 13.7. The summed E-state index contributed by atoms with van der Waals surface area (Å²) in [4.78, 5) is 16.5. The van der Waals surface area contributed by atoms with Crippen LogP contribution in [0.3, 0.4) is 0 Å². The van der Waals surface area contributed by atoms with Crippen LogP contribution in [0.4, 0.5) is 4.39 Å². The number of likely N-dealkylation sites (tertiary alicyclic amines) is 1. The summed E-state index contributed by atoms with van der Waals surface area (Å²) in [6.45, 7) is 0.702. The van der Waals surface area contributed by atoms with E-state index in [1.54, 1.807) is 28.6 Å². The fraction of sp³-hybridized carbons (Fsp3) is 0.333. The molecule has 3 rings (SSSR count). The Morgan fingerprint density at radius 3 is 2.94 bits per heavy atom. The number of H-pyrrole nitrogens is 1. The molecule has 2 heterocycles. The summed E-state index contributed by atoms with van der Waals surface area (Å²) in [5.41, 5.74) is 1.01. The molecule has 1 fully saturated rings. The van der Waals surface area contributed by atoms with Crippen molar-refractivity contribution < 1.29 is 9.18 Å². The second kappa shape index (κ2) is 3.91. The Bertz CT molecular complexity index is 690. The molecule has 1 aliphatic rings. The van der Waals surface area contributed by atoms with E-state index in [1.807, 2.05) is 0 Å². The zero-order chi connectivity index (χ0) is 12.9. The van der Waals surface area contributed by atoms with Crippen molar-refractivity contribution in [2.75, 3.05) is 13.6 Å². The van der Waals surface area contributed by atoms with Gasteiger partial charge in [0, 0.05) is 13.6 Å². The first-order valence-corrected chi connectivity index (χ1v) is 6.14. The van der Waals surface area contributed by atoms with Gasteiger partial charge in [-0.25, -0.2) is 4.39 Å². The molecule has 1 saturated heterocycles. The molecule has 0 bridgehead atoms. The van der Waals surface area contributed by atoms with Gasteiger partial charge in [-0.05, 0) is 30.8 Å². The molecular weight excluding hydrogens is 253 g/mol. The number of aromatic nitrogens is 2. The number of rotatable bonds is 1. The average molecular weight is 265 g/mol. The largest absolute Gasteiger partial charge is 0.344 e. The monoisotopic (exact) mass is 265 g/mol. The molecule has 1 aliphatic heterocycles. The average Bonchev–Trinajstić information content (AvgIpc) is 2.83. The lowest BCUT2D eigenvalue weighted by Gasteiger charge is -2.12. The maximum Gasteiger partial charge on any atom is 0.245 e. The van der Waals surface area contributed by atoms with Gasteiger partial charge < -0.3 is 14.5 Å². The van der Waals surface area contributed by atoms with Gasteiger partial charge in [-0.15, -0.1) is 0 Å². The van der Waals surface area contributed by atoms with Crippen LogP contribution in [0.25, 0.3) is 11.0 Å². The van der Waals surface area contributed by atoms with Crippen molar-refractivity contribution in [1.29, 1.82) is 0 Å². The highest BCUT2D eigenvalue weighted by Gasteiger charge is 2.32. The number of carbonyl (C=O) groups excluding carboxylic acids is 1. The molecule has 1 N–H and O–H groups in total. The number of halogens is 1. The van der Waals surface area contributed by atoms with Gasteiger partial charge in [0.15, 0.2) is 4.77 Å². The van der Waals surface area contributed by atoms with E-state index in [-0.39, 0.29) is 17.8 Å². The summed E-state index contributed by atoms with van der Waals surface area (Å²) in [7, 11) is 1.77. The van der Waals surface area contributed by atoms with Crippen molar-refractivity contribution in [3.63, 3.8) is 0 Å². The van der Waals surface area contributed by atoms with Gasteiger partial charge in [-0.1, -0.05) is 6.07 Å². The second-order valence-corrected chi connectivity index (χ2v) is 4.89. The number of para-hydroxylation sites is 1. The van der Waals surface area contributed by atoms with E-state index in [2.05, 4.69) is 4.98 Å². The molecule has 0 aliphatic carbocycles. The Hall–Kier alpha value is -1.69. The smallest absolute Gasteiger partial charge is 0.245 e. The lowest BCUT2D eigenvalue weighted by atomic mass is 10.2. The zero-order valence-electron chi connectivity index (χ0n) is 9.81. The molecule has 0 spiro atoms. The lowest BCUT2D eigenvalue weighted by Crippen LogP contribution is -2.24. The van der Waals surface area contributed by atoms with Crippen molar-refractivity contribution in [1.82, 2.24) is 14.5 Å². The third kappa shape index (κ3) is 1.49. The topological polar surface area (TPSA) is 41.0 Å². The van der Waals surface area contributed by atoms with Gasteiger partial charge in [0.2, 0.25) is 5.91 Å². The number of nitrogens with zero attached hydrogens (tertiary/aromatic N) is 2. The van der Waals surface area contributed by atoms with E-state index in [0.717, 1.165) is 0 Å². The third-order valence-corrected chi connectivity index (χ3v) is 3.71. The van der Waals surface area contributed by atoms with Crippen molar-refractivity contribution in [2.45, 2.75) is 12.5 Å². The number of hydrogen-bond acceptors (Lipinski definition) is 2. The molecule has 1 unspecified atom stereocenters. The van der Waals surface area contributed by atoms with E-state index in [0.29, 0.717) is 28.8 Å². The quantitative estimate of drug-likeness (QED) is 0.803. The predicted molar refractivity (Wildman–Crippen MR) is 68.4 cm³/mol. The molecule has 2 aromatic rings. The molecule has 94 valence electrons. The number of hydrogen-bond donors (Lipinski definition) is 1. The minimum atomic E-state index is -0.351. The van der Waals surface area contributed by atoms with Crippen LogP contribution in [0.1, 0.15) is 12.5 Å². The highest BCUT2D eigenvalue weighted by atomic mass is 32.1. The van der Waals surface area contributed by atoms with Crippen LogP contribution in [-0.4, -0.2) is 34.0 Å². The van der Waals surface area contributed by atoms with Gasteiger partial charge in [-0.3, -0.25) is 4.79 Å². The number of likely N-dealkylation sites (N-methyl/N-ethyl adjacent to an activating group) is 1. The van der Waals surface area contributed by atoms with Gasteiger partial charge in [-0.2, -0.15) is 0 Å². The van der Waals surface area contributed by atoms with Gasteiger partial charge in [0.1, 0.15) is 17.4 Å². The Balaban J connectivity index is 2.24. The Kier molecular flexibility index (Phi) is 2.48. The number of nitrogens with one attached hydrogen (secondary N) is 1. The summed E-state index contributed by atoms with van der Waals surface area (Å²) in [6.07, 6.45) is 0.701. The van der Waals surface area contributed by atoms with E-state index in [4.69, 9.17) is 12.2 Å². The standard InChI is InChI=1S/C12H12FN3OS/c1-15-6-5-9(11(15)17)16-8-4-2-3-7(13)10(8)14-12(16)18/h2-4,9H,5-6H2,1H3,(H,14,18). The number of imidazole rings is 1. The lowest BCUT2D eigenvalue weighted by molar-refractivity contribution is -0.129. The van der Waals surface area contributed by atoms with Crippen LogP contribution >= 0.6 is 12.2 Å². The first-order chi connectivity index (χ1) is 8.59. The predicted octanol–water partition coefficient (Wildman–Crippen LogP) is 2.24. The van der Waals surface area contributed by atoms with Crippen molar-refractivity contribution in [2.24, 2.45) is 0 Å². The van der Waals surface area contributed by atoms with Crippen LogP contribution in [0, 0.1) is 10.6 Å². The first kappa shape index (κ1) is 11.4. The zero-order valence-corrected chi connectivity index (χ0v) is 10.6. The molecule has 6 heteroatoms. The SMILES string of the molecule is CN1CCC(n2c(=S)[nH]c3c(F)cccc32)C1=O. The molecule has 1 amide bonds. The summed E-state index contributed by atoms with van der Waals surface area (Å²) in [6, 6.07) is 4.45. The first-order valence-electron chi connectivity index (χ1n) is 5.73. The van der Waals surface area contributed by atoms with Crippen LogP contribution in [-0.2, 0) is 4.79 Å². The highest BCUT2D eigenvalue weighted by Crippen LogP contribution is 2.27. The van der Waals surface area contributed by atoms with Crippen molar-refractivity contribution in [3.8, 4) is 0 Å². The second-order valence-electron chi connectivity index (χ2n) is 4.50. The summed E-state index contributed by atoms with van der Waals surface area (Å²) in [5, 5.41) is 0. The summed E-state index contributed by atoms with van der Waals surface area (Å²) >= 11 is 5.21. The van der Waals surface area contributed by atoms with Crippen LogP contribution < -0.4 is 0 Å². The fourth-order valence-electron chi connectivity index (χ4n) is 2.47. The van der Waals surface area contributed by atoms with E-state index >= 15 is 0 Å². The summed E-state index contributed by atoms with van der Waals surface area (Å²) in [5.74, 6) is -0.326. The number of benzene rings is 1. The number of amides is 1. The normalized spacial score (nSPS) is 20.0. The number of fused-ring (bicyclic) bond motifs is 1. The minimum Gasteiger partial charge on any atom is -0.344 e. The minimum absolute atomic E-state index is 0.0243. The molecular formula is C12H12FN3OS. The summed E-state index contributed by atoms with van der Waals surface area (Å²) < 4.78 is 15.8. The molecule has 0 radical (unpaired) electrons. The number of aromatic amines is 1. The van der Waals surface area contributed by atoms with Gasteiger partial charge in [0.05, 0.1) is 5.52 Å². The molecule has 1 atom stereocenters. The molecule has 1 aromatic heterocycles. The van der Waals surface area contributed by atoms with E-state index < -0.39 is 0 Å². The third-order valence-electron chi connectivity index (χ3n) is 3.41. The fourth-order valence-corrected chi connectivity index (χ4v) is 2.79. The molecule has 4 nitrogen and oxygen atoms in total. The van der Waals surface area contributed by atoms with Crippen molar-refractivity contribution in [3.05, 3.63) is 28.8 Å². The van der Waals surface area contributed by atoms with Gasteiger partial charge in [0.25, 0.3) is 0 Å². The van der Waals surface area contributed by atoms with Crippen molar-refractivity contribution >= 4 is 29.2 Å². The van der Waals surface area contributed by atoms with E-state index in [1.165, 1.54) is 6.07 Å². The molecule has 18 heavy (non-hydrogen) atoms. The van der Waals surface area contributed by atoms with Crippen LogP contribution in [0.5, 0.6) is 0 Å². The Morgan fingerprint density at radius 2 is 2.28 bits per heavy atom. The molecule has 0 saturated carbocycles.